The third kappa shape index (κ3) is 4.42. The molecule has 1 unspecified atom stereocenters. The molecule has 0 aliphatic carbocycles. The van der Waals surface area contributed by atoms with Crippen LogP contribution in [-0.2, 0) is 19.6 Å². The van der Waals surface area contributed by atoms with Crippen LogP contribution in [0.1, 0.15) is 25.7 Å². The van der Waals surface area contributed by atoms with Crippen molar-refractivity contribution in [3.05, 3.63) is 29.3 Å². The number of hydrogen-bond donors (Lipinski definition) is 1. The number of halogens is 1. The Bertz CT molecular complexity index is 1050. The van der Waals surface area contributed by atoms with Gasteiger partial charge in [0.25, 0.3) is 10.0 Å². The molecule has 29 heavy (non-hydrogen) atoms. The maximum atomic E-state index is 12.9. The fraction of sp³-hybridized carbons (Fsp3) is 0.474. The lowest BCUT2D eigenvalue weighted by atomic mass is 10.1. The Hall–Kier alpha value is -1.68. The third-order valence-electron chi connectivity index (χ3n) is 5.34. The number of amides is 2. The number of thiophene rings is 1. The van der Waals surface area contributed by atoms with E-state index in [4.69, 9.17) is 11.6 Å². The first-order chi connectivity index (χ1) is 13.8. The molecule has 0 radical (unpaired) electrons. The third-order valence-corrected chi connectivity index (χ3v) is 8.62. The van der Waals surface area contributed by atoms with E-state index in [9.17, 15) is 18.0 Å². The lowest BCUT2D eigenvalue weighted by molar-refractivity contribution is -0.142. The molecule has 2 aliphatic heterocycles. The lowest BCUT2D eigenvalue weighted by Gasteiger charge is -2.33. The van der Waals surface area contributed by atoms with E-state index in [2.05, 4.69) is 4.72 Å². The first-order valence-corrected chi connectivity index (χ1v) is 12.3. The Kier molecular flexibility index (Phi) is 5.83. The normalized spacial score (nSPS) is 20.6. The van der Waals surface area contributed by atoms with E-state index < -0.39 is 16.1 Å². The van der Waals surface area contributed by atoms with Gasteiger partial charge in [-0.1, -0.05) is 17.7 Å². The van der Waals surface area contributed by atoms with E-state index in [1.807, 2.05) is 0 Å². The van der Waals surface area contributed by atoms with Crippen LogP contribution < -0.4 is 4.72 Å². The van der Waals surface area contributed by atoms with Crippen LogP contribution in [0.5, 0.6) is 0 Å². The predicted octanol–water partition coefficient (Wildman–Crippen LogP) is 2.45. The number of hydrogen-bond acceptors (Lipinski definition) is 5. The summed E-state index contributed by atoms with van der Waals surface area (Å²) < 4.78 is 29.2. The molecule has 2 saturated heterocycles. The fourth-order valence-electron chi connectivity index (χ4n) is 3.79. The Morgan fingerprint density at radius 3 is 2.69 bits per heavy atom. The molecule has 2 fully saturated rings. The van der Waals surface area contributed by atoms with Gasteiger partial charge in [0.2, 0.25) is 11.8 Å². The van der Waals surface area contributed by atoms with E-state index in [1.165, 1.54) is 4.90 Å². The van der Waals surface area contributed by atoms with Gasteiger partial charge in [0.1, 0.15) is 10.3 Å². The molecule has 4 rings (SSSR count). The summed E-state index contributed by atoms with van der Waals surface area (Å²) in [7, 11) is -3.85. The van der Waals surface area contributed by atoms with E-state index in [-0.39, 0.29) is 22.6 Å². The second kappa shape index (κ2) is 8.22. The topological polar surface area (TPSA) is 86.8 Å². The van der Waals surface area contributed by atoms with Crippen LogP contribution in [-0.4, -0.2) is 62.3 Å². The van der Waals surface area contributed by atoms with Gasteiger partial charge in [-0.3, -0.25) is 9.59 Å². The molecule has 1 atom stereocenters. The average molecular weight is 456 g/mol. The van der Waals surface area contributed by atoms with Crippen molar-refractivity contribution in [3.63, 3.8) is 0 Å². The first kappa shape index (κ1) is 20.6. The lowest BCUT2D eigenvalue weighted by Crippen LogP contribution is -2.54. The van der Waals surface area contributed by atoms with Crippen molar-refractivity contribution in [2.24, 2.45) is 0 Å². The summed E-state index contributed by atoms with van der Waals surface area (Å²) in [6.45, 7) is 1.94. The molecule has 7 nitrogen and oxygen atoms in total. The van der Waals surface area contributed by atoms with Crippen LogP contribution in [0, 0.1) is 0 Å². The smallest absolute Gasteiger partial charge is 0.250 e. The minimum Gasteiger partial charge on any atom is -0.341 e. The van der Waals surface area contributed by atoms with Gasteiger partial charge < -0.3 is 9.80 Å². The summed E-state index contributed by atoms with van der Waals surface area (Å²) in [5, 5.41) is 1.32. The largest absolute Gasteiger partial charge is 0.341 e. The minimum absolute atomic E-state index is 0.0123. The highest BCUT2D eigenvalue weighted by Gasteiger charge is 2.34. The monoisotopic (exact) mass is 455 g/mol. The van der Waals surface area contributed by atoms with Gasteiger partial charge in [0, 0.05) is 29.4 Å². The van der Waals surface area contributed by atoms with Crippen molar-refractivity contribution < 1.29 is 18.0 Å². The van der Waals surface area contributed by atoms with Crippen LogP contribution in [0.2, 0.25) is 5.02 Å². The Balaban J connectivity index is 1.46. The second-order valence-electron chi connectivity index (χ2n) is 7.41. The molecule has 0 bridgehead atoms. The van der Waals surface area contributed by atoms with E-state index in [0.717, 1.165) is 47.4 Å². The van der Waals surface area contributed by atoms with Crippen LogP contribution in [0.15, 0.2) is 28.5 Å². The van der Waals surface area contributed by atoms with Gasteiger partial charge in [0.15, 0.2) is 0 Å². The zero-order chi connectivity index (χ0) is 20.6. The fourth-order valence-corrected chi connectivity index (χ4v) is 6.71. The van der Waals surface area contributed by atoms with Gasteiger partial charge >= 0.3 is 0 Å². The van der Waals surface area contributed by atoms with Crippen molar-refractivity contribution in [3.8, 4) is 0 Å². The first-order valence-electron chi connectivity index (χ1n) is 9.61. The predicted molar refractivity (Wildman–Crippen MR) is 113 cm³/mol. The van der Waals surface area contributed by atoms with Crippen LogP contribution in [0.3, 0.4) is 0 Å². The SMILES string of the molecule is O=C(CN1CCCC(NS(=O)(=O)c2cc3ccc(Cl)cc3s2)C1=O)N1CCCC1. The number of nitrogens with one attached hydrogen (secondary N) is 1. The Labute approximate surface area is 178 Å². The van der Waals surface area contributed by atoms with Crippen molar-refractivity contribution >= 4 is 54.9 Å². The highest BCUT2D eigenvalue weighted by atomic mass is 35.5. The van der Waals surface area contributed by atoms with Crippen molar-refractivity contribution in [1.82, 2.24) is 14.5 Å². The van der Waals surface area contributed by atoms with E-state index in [1.54, 1.807) is 29.2 Å². The maximum absolute atomic E-state index is 12.9. The van der Waals surface area contributed by atoms with Crippen molar-refractivity contribution in [2.75, 3.05) is 26.2 Å². The van der Waals surface area contributed by atoms with E-state index in [0.29, 0.717) is 24.4 Å². The number of piperidine rings is 1. The number of likely N-dealkylation sites (tertiary alicyclic amines) is 2. The van der Waals surface area contributed by atoms with Gasteiger partial charge in [0.05, 0.1) is 6.54 Å². The molecular weight excluding hydrogens is 434 g/mol. The van der Waals surface area contributed by atoms with Crippen LogP contribution in [0.4, 0.5) is 0 Å². The van der Waals surface area contributed by atoms with Crippen LogP contribution >= 0.6 is 22.9 Å². The minimum atomic E-state index is -3.85. The quantitative estimate of drug-likeness (QED) is 0.750. The van der Waals surface area contributed by atoms with Crippen molar-refractivity contribution in [2.45, 2.75) is 35.9 Å². The zero-order valence-electron chi connectivity index (χ0n) is 15.8. The number of sulfonamides is 1. The standard InChI is InChI=1S/C19H22ClN3O4S2/c20-14-6-5-13-10-18(28-16(13)11-14)29(26,27)21-15-4-3-9-23(19(15)25)12-17(24)22-7-1-2-8-22/h5-6,10-11,15,21H,1-4,7-9,12H2. The van der Waals surface area contributed by atoms with Crippen LogP contribution in [0.25, 0.3) is 10.1 Å². The highest BCUT2D eigenvalue weighted by molar-refractivity contribution is 7.91. The van der Waals surface area contributed by atoms with Gasteiger partial charge in [-0.25, -0.2) is 8.42 Å². The van der Waals surface area contributed by atoms with Gasteiger partial charge in [-0.2, -0.15) is 4.72 Å². The summed E-state index contributed by atoms with van der Waals surface area (Å²) in [5.41, 5.74) is 0. The highest BCUT2D eigenvalue weighted by Crippen LogP contribution is 2.31. The molecule has 2 aromatic rings. The summed E-state index contributed by atoms with van der Waals surface area (Å²) in [6, 6.07) is 5.93. The molecule has 1 N–H and O–H groups in total. The molecule has 0 saturated carbocycles. The number of benzene rings is 1. The molecule has 1 aromatic heterocycles. The molecule has 10 heteroatoms. The molecular formula is C19H22ClN3O4S2. The molecule has 3 heterocycles. The summed E-state index contributed by atoms with van der Waals surface area (Å²) in [5.74, 6) is -0.405. The maximum Gasteiger partial charge on any atom is 0.250 e. The number of rotatable bonds is 5. The number of nitrogens with zero attached hydrogens (tertiary/aromatic N) is 2. The molecule has 156 valence electrons. The zero-order valence-corrected chi connectivity index (χ0v) is 18.2. The molecule has 1 aromatic carbocycles. The van der Waals surface area contributed by atoms with Gasteiger partial charge in [-0.15, -0.1) is 11.3 Å². The summed E-state index contributed by atoms with van der Waals surface area (Å²) >= 11 is 7.10. The molecule has 2 amide bonds. The average Bonchev–Trinajstić information content (AvgIpc) is 3.34. The number of carbonyl (C=O) groups is 2. The summed E-state index contributed by atoms with van der Waals surface area (Å²) in [6.07, 6.45) is 3.04. The number of fused-ring (bicyclic) bond motifs is 1. The Morgan fingerprint density at radius 1 is 1.17 bits per heavy atom. The molecule has 2 aliphatic rings. The number of carbonyl (C=O) groups excluding carboxylic acids is 2. The van der Waals surface area contributed by atoms with Gasteiger partial charge in [-0.05, 0) is 49.3 Å². The Morgan fingerprint density at radius 2 is 1.93 bits per heavy atom. The molecule has 0 spiro atoms. The second-order valence-corrected chi connectivity index (χ2v) is 10.9. The summed E-state index contributed by atoms with van der Waals surface area (Å²) in [4.78, 5) is 28.4. The van der Waals surface area contributed by atoms with Crippen molar-refractivity contribution in [1.29, 1.82) is 0 Å². The van der Waals surface area contributed by atoms with E-state index >= 15 is 0 Å².